The van der Waals surface area contributed by atoms with Crippen LogP contribution in [0.15, 0.2) is 42.5 Å². The molecule has 0 radical (unpaired) electrons. The highest BCUT2D eigenvalue weighted by Gasteiger charge is 2.08. The number of rotatable bonds is 4. The molecule has 6 heteroatoms. The maximum absolute atomic E-state index is 13.4. The molecule has 0 heterocycles. The average molecular weight is 278 g/mol. The van der Waals surface area contributed by atoms with E-state index in [0.717, 1.165) is 6.07 Å². The second-order valence-electron chi connectivity index (χ2n) is 3.69. The monoisotopic (exact) mass is 278 g/mol. The van der Waals surface area contributed by atoms with E-state index < -0.39 is 11.9 Å². The molecule has 0 spiro atoms. The Morgan fingerprint density at radius 2 is 2.00 bits per heavy atom. The molecule has 2 N–H and O–H groups in total. The predicted molar refractivity (Wildman–Crippen MR) is 75.0 cm³/mol. The molecule has 0 saturated heterocycles. The van der Waals surface area contributed by atoms with Crippen molar-refractivity contribution in [3.8, 4) is 0 Å². The first-order valence-corrected chi connectivity index (χ1v) is 5.81. The standard InChI is InChI=1S/C14H15FN2O3/c1-3-4-5-6-13(18)16-10-7-8-11(15)12(9-10)17-14(19)20-2/h3-9H,1-2H3,(H,16,18)(H,17,19). The third-order valence-electron chi connectivity index (χ3n) is 2.21. The molecular weight excluding hydrogens is 263 g/mol. The minimum atomic E-state index is -0.791. The lowest BCUT2D eigenvalue weighted by Crippen LogP contribution is -2.13. The van der Waals surface area contributed by atoms with Gasteiger partial charge in [0, 0.05) is 11.8 Å². The smallest absolute Gasteiger partial charge is 0.411 e. The van der Waals surface area contributed by atoms with Gasteiger partial charge in [-0.25, -0.2) is 9.18 Å². The van der Waals surface area contributed by atoms with Crippen LogP contribution in [0.2, 0.25) is 0 Å². The van der Waals surface area contributed by atoms with E-state index in [1.54, 1.807) is 18.2 Å². The maximum atomic E-state index is 13.4. The van der Waals surface area contributed by atoms with Crippen molar-refractivity contribution in [1.29, 1.82) is 0 Å². The first-order chi connectivity index (χ1) is 9.56. The number of ether oxygens (including phenoxy) is 1. The molecule has 0 aliphatic carbocycles. The topological polar surface area (TPSA) is 67.4 Å². The molecule has 1 aromatic carbocycles. The summed E-state index contributed by atoms with van der Waals surface area (Å²) in [5.74, 6) is -0.989. The Kier molecular flexibility index (Phi) is 5.96. The predicted octanol–water partition coefficient (Wildman–Crippen LogP) is 3.07. The van der Waals surface area contributed by atoms with Crippen molar-refractivity contribution in [3.05, 3.63) is 48.3 Å². The third-order valence-corrected chi connectivity index (χ3v) is 2.21. The molecule has 0 fully saturated rings. The van der Waals surface area contributed by atoms with Gasteiger partial charge in [-0.05, 0) is 25.1 Å². The van der Waals surface area contributed by atoms with E-state index in [4.69, 9.17) is 0 Å². The molecule has 5 nitrogen and oxygen atoms in total. The molecule has 0 aromatic heterocycles. The van der Waals surface area contributed by atoms with Crippen LogP contribution in [0.5, 0.6) is 0 Å². The third kappa shape index (κ3) is 4.93. The summed E-state index contributed by atoms with van der Waals surface area (Å²) in [5, 5.41) is 4.75. The molecule has 0 bridgehead atoms. The van der Waals surface area contributed by atoms with Crippen LogP contribution in [0.3, 0.4) is 0 Å². The maximum Gasteiger partial charge on any atom is 0.411 e. The zero-order valence-electron chi connectivity index (χ0n) is 11.1. The van der Waals surface area contributed by atoms with Crippen molar-refractivity contribution < 1.29 is 18.7 Å². The first-order valence-electron chi connectivity index (χ1n) is 5.81. The highest BCUT2D eigenvalue weighted by molar-refractivity contribution is 6.00. The number of allylic oxidation sites excluding steroid dienone is 3. The van der Waals surface area contributed by atoms with Gasteiger partial charge in [0.05, 0.1) is 12.8 Å². The van der Waals surface area contributed by atoms with Crippen molar-refractivity contribution in [2.75, 3.05) is 17.7 Å². The number of amides is 2. The van der Waals surface area contributed by atoms with E-state index in [-0.39, 0.29) is 11.6 Å². The highest BCUT2D eigenvalue weighted by Crippen LogP contribution is 2.19. The molecule has 106 valence electrons. The number of hydrogen-bond donors (Lipinski definition) is 2. The van der Waals surface area contributed by atoms with Gasteiger partial charge in [-0.1, -0.05) is 18.2 Å². The number of halogens is 1. The summed E-state index contributed by atoms with van der Waals surface area (Å²) in [6.07, 6.45) is 5.60. The molecule has 20 heavy (non-hydrogen) atoms. The van der Waals surface area contributed by atoms with E-state index in [1.165, 1.54) is 25.3 Å². The van der Waals surface area contributed by atoms with E-state index in [9.17, 15) is 14.0 Å². The lowest BCUT2D eigenvalue weighted by molar-refractivity contribution is -0.111. The molecule has 1 aromatic rings. The second-order valence-corrected chi connectivity index (χ2v) is 3.69. The number of anilines is 2. The first kappa shape index (κ1) is 15.4. The summed E-state index contributed by atoms with van der Waals surface area (Å²) < 4.78 is 17.8. The van der Waals surface area contributed by atoms with Gasteiger partial charge in [-0.3, -0.25) is 10.1 Å². The Hall–Kier alpha value is -2.63. The van der Waals surface area contributed by atoms with E-state index >= 15 is 0 Å². The molecule has 0 saturated carbocycles. The zero-order valence-corrected chi connectivity index (χ0v) is 11.1. The SMILES string of the molecule is CC=CC=CC(=O)Nc1ccc(F)c(NC(=O)OC)c1. The fourth-order valence-corrected chi connectivity index (χ4v) is 1.30. The molecule has 0 aliphatic rings. The summed E-state index contributed by atoms with van der Waals surface area (Å²) in [7, 11) is 1.17. The lowest BCUT2D eigenvalue weighted by Gasteiger charge is -2.08. The van der Waals surface area contributed by atoms with Crippen LogP contribution in [0.1, 0.15) is 6.92 Å². The minimum Gasteiger partial charge on any atom is -0.453 e. The van der Waals surface area contributed by atoms with E-state index in [2.05, 4.69) is 15.4 Å². The average Bonchev–Trinajstić information content (AvgIpc) is 2.42. The van der Waals surface area contributed by atoms with Crippen molar-refractivity contribution >= 4 is 23.4 Å². The van der Waals surface area contributed by atoms with Crippen LogP contribution in [0, 0.1) is 5.82 Å². The Morgan fingerprint density at radius 1 is 1.25 bits per heavy atom. The van der Waals surface area contributed by atoms with Crippen molar-refractivity contribution in [2.24, 2.45) is 0 Å². The molecule has 2 amide bonds. The Bertz CT molecular complexity index is 553. The zero-order chi connectivity index (χ0) is 15.0. The van der Waals surface area contributed by atoms with Gasteiger partial charge >= 0.3 is 6.09 Å². The van der Waals surface area contributed by atoms with E-state index in [1.807, 2.05) is 6.92 Å². The van der Waals surface area contributed by atoms with Gasteiger partial charge in [0.2, 0.25) is 5.91 Å². The van der Waals surface area contributed by atoms with Crippen LogP contribution >= 0.6 is 0 Å². The summed E-state index contributed by atoms with van der Waals surface area (Å²) in [5.41, 5.74) is 0.278. The van der Waals surface area contributed by atoms with Gasteiger partial charge in [0.15, 0.2) is 0 Å². The van der Waals surface area contributed by atoms with Gasteiger partial charge in [-0.15, -0.1) is 0 Å². The second kappa shape index (κ2) is 7.73. The van der Waals surface area contributed by atoms with Crippen LogP contribution in [-0.2, 0) is 9.53 Å². The van der Waals surface area contributed by atoms with Crippen LogP contribution in [0.4, 0.5) is 20.6 Å². The van der Waals surface area contributed by atoms with Gasteiger partial charge in [-0.2, -0.15) is 0 Å². The van der Waals surface area contributed by atoms with Crippen molar-refractivity contribution in [2.45, 2.75) is 6.92 Å². The fourth-order valence-electron chi connectivity index (χ4n) is 1.30. The van der Waals surface area contributed by atoms with Gasteiger partial charge in [0.25, 0.3) is 0 Å². The number of nitrogens with one attached hydrogen (secondary N) is 2. The Morgan fingerprint density at radius 3 is 2.65 bits per heavy atom. The summed E-state index contributed by atoms with van der Waals surface area (Å²) in [4.78, 5) is 22.6. The van der Waals surface area contributed by atoms with Gasteiger partial charge < -0.3 is 10.1 Å². The number of methoxy groups -OCH3 is 1. The van der Waals surface area contributed by atoms with E-state index in [0.29, 0.717) is 5.69 Å². The van der Waals surface area contributed by atoms with Crippen molar-refractivity contribution in [1.82, 2.24) is 0 Å². The highest BCUT2D eigenvalue weighted by atomic mass is 19.1. The molecule has 1 rings (SSSR count). The normalized spacial score (nSPS) is 10.8. The molecule has 0 aliphatic heterocycles. The minimum absolute atomic E-state index is 0.0768. The largest absolute Gasteiger partial charge is 0.453 e. The number of hydrogen-bond acceptors (Lipinski definition) is 3. The quantitative estimate of drug-likeness (QED) is 0.657. The molecule has 0 atom stereocenters. The summed E-state index contributed by atoms with van der Waals surface area (Å²) >= 11 is 0. The lowest BCUT2D eigenvalue weighted by atomic mass is 10.2. The molecule has 0 unspecified atom stereocenters. The fraction of sp³-hybridized carbons (Fsp3) is 0.143. The van der Waals surface area contributed by atoms with Gasteiger partial charge in [0.1, 0.15) is 5.82 Å². The Labute approximate surface area is 116 Å². The number of carbonyl (C=O) groups excluding carboxylic acids is 2. The Balaban J connectivity index is 2.79. The van der Waals surface area contributed by atoms with Crippen molar-refractivity contribution in [3.63, 3.8) is 0 Å². The summed E-state index contributed by atoms with van der Waals surface area (Å²) in [6, 6.07) is 3.82. The number of carbonyl (C=O) groups is 2. The summed E-state index contributed by atoms with van der Waals surface area (Å²) in [6.45, 7) is 1.83. The van der Waals surface area contributed by atoms with Crippen LogP contribution < -0.4 is 10.6 Å². The molecular formula is C14H15FN2O3. The number of benzene rings is 1. The van der Waals surface area contributed by atoms with Crippen LogP contribution in [0.25, 0.3) is 0 Å². The van der Waals surface area contributed by atoms with Crippen LogP contribution in [-0.4, -0.2) is 19.1 Å².